The van der Waals surface area contributed by atoms with Crippen molar-refractivity contribution >= 4 is 27.2 Å². The van der Waals surface area contributed by atoms with Gasteiger partial charge in [-0.05, 0) is 74.6 Å². The number of nitrogens with zero attached hydrogens (tertiary/aromatic N) is 3. The summed E-state index contributed by atoms with van der Waals surface area (Å²) >= 11 is 0. The SMILES string of the molecule is CCCn1c(=O)n(CCNC(=O)c2ccc(S(=O)(=O)O)cc2)c(=O)c2[nH]c(C34CCC(CC(CC)C3)C4)nc21. The number of amides is 1. The van der Waals surface area contributed by atoms with E-state index in [0.717, 1.165) is 54.6 Å². The van der Waals surface area contributed by atoms with Crippen LogP contribution in [-0.2, 0) is 28.6 Å². The van der Waals surface area contributed by atoms with Gasteiger partial charge in [0, 0.05) is 30.6 Å². The molecule has 2 aliphatic carbocycles. The van der Waals surface area contributed by atoms with Crippen molar-refractivity contribution in [2.45, 2.75) is 82.2 Å². The molecular formula is C27H35N5O6S. The summed E-state index contributed by atoms with van der Waals surface area (Å²) in [5.41, 5.74) is -0.0955. The first-order valence-electron chi connectivity index (χ1n) is 13.7. The highest BCUT2D eigenvalue weighted by Gasteiger charge is 2.48. The number of aromatic nitrogens is 4. The number of hydrogen-bond donors (Lipinski definition) is 3. The Bertz CT molecular complexity index is 1620. The number of fused-ring (bicyclic) bond motifs is 3. The van der Waals surface area contributed by atoms with Crippen molar-refractivity contribution in [3.05, 3.63) is 56.5 Å². The number of imidazole rings is 1. The van der Waals surface area contributed by atoms with E-state index >= 15 is 0 Å². The lowest BCUT2D eigenvalue weighted by Gasteiger charge is -2.36. The average Bonchev–Trinajstić information content (AvgIpc) is 3.50. The van der Waals surface area contributed by atoms with Gasteiger partial charge in [0.1, 0.15) is 11.3 Å². The molecule has 0 aliphatic heterocycles. The van der Waals surface area contributed by atoms with Gasteiger partial charge in [-0.15, -0.1) is 0 Å². The van der Waals surface area contributed by atoms with Gasteiger partial charge in [0.15, 0.2) is 5.65 Å². The van der Waals surface area contributed by atoms with Gasteiger partial charge >= 0.3 is 5.69 Å². The van der Waals surface area contributed by atoms with Crippen molar-refractivity contribution in [3.63, 3.8) is 0 Å². The van der Waals surface area contributed by atoms with Gasteiger partial charge in [-0.1, -0.05) is 20.3 Å². The van der Waals surface area contributed by atoms with Crippen LogP contribution in [0.3, 0.4) is 0 Å². The Balaban J connectivity index is 1.41. The van der Waals surface area contributed by atoms with Crippen molar-refractivity contribution in [2.75, 3.05) is 6.54 Å². The fraction of sp³-hybridized carbons (Fsp3) is 0.556. The fourth-order valence-electron chi connectivity index (χ4n) is 6.56. The average molecular weight is 558 g/mol. The van der Waals surface area contributed by atoms with Gasteiger partial charge in [-0.2, -0.15) is 8.42 Å². The summed E-state index contributed by atoms with van der Waals surface area (Å²) in [7, 11) is -4.36. The lowest BCUT2D eigenvalue weighted by molar-refractivity contribution is 0.0952. The number of benzene rings is 1. The number of carbonyl (C=O) groups excluding carboxylic acids is 1. The molecule has 5 rings (SSSR count). The summed E-state index contributed by atoms with van der Waals surface area (Å²) in [4.78, 5) is 47.3. The van der Waals surface area contributed by atoms with Crippen LogP contribution in [0.1, 0.15) is 75.0 Å². The molecule has 2 saturated carbocycles. The number of hydrogen-bond acceptors (Lipinski definition) is 6. The Morgan fingerprint density at radius 2 is 1.90 bits per heavy atom. The van der Waals surface area contributed by atoms with E-state index < -0.39 is 27.3 Å². The highest BCUT2D eigenvalue weighted by Crippen LogP contribution is 2.54. The molecule has 2 aromatic heterocycles. The van der Waals surface area contributed by atoms with Crippen LogP contribution < -0.4 is 16.6 Å². The number of H-pyrrole nitrogens is 1. The third kappa shape index (κ3) is 5.07. The molecule has 0 radical (unpaired) electrons. The maximum atomic E-state index is 13.5. The van der Waals surface area contributed by atoms with Crippen molar-refractivity contribution < 1.29 is 17.8 Å². The number of aryl methyl sites for hydroxylation is 1. The molecule has 0 saturated heterocycles. The van der Waals surface area contributed by atoms with Crippen molar-refractivity contribution in [1.82, 2.24) is 24.4 Å². The summed E-state index contributed by atoms with van der Waals surface area (Å²) in [6.07, 6.45) is 7.38. The second-order valence-corrected chi connectivity index (χ2v) is 12.5. The Labute approximate surface area is 226 Å². The van der Waals surface area contributed by atoms with Gasteiger partial charge in [-0.25, -0.2) is 9.78 Å². The van der Waals surface area contributed by atoms with Gasteiger partial charge < -0.3 is 10.3 Å². The molecule has 12 heteroatoms. The Morgan fingerprint density at radius 3 is 2.56 bits per heavy atom. The van der Waals surface area contributed by atoms with Gasteiger partial charge in [0.25, 0.3) is 21.6 Å². The first kappa shape index (κ1) is 27.3. The molecule has 2 heterocycles. The van der Waals surface area contributed by atoms with E-state index in [1.54, 1.807) is 4.57 Å². The molecule has 2 bridgehead atoms. The van der Waals surface area contributed by atoms with Gasteiger partial charge in [0.2, 0.25) is 0 Å². The largest absolute Gasteiger partial charge is 0.350 e. The molecule has 210 valence electrons. The summed E-state index contributed by atoms with van der Waals surface area (Å²) in [5, 5.41) is 2.66. The zero-order valence-electron chi connectivity index (χ0n) is 22.3. The van der Waals surface area contributed by atoms with Crippen LogP contribution in [-0.4, -0.2) is 44.5 Å². The molecule has 0 spiro atoms. The molecule has 3 atom stereocenters. The number of aromatic amines is 1. The van der Waals surface area contributed by atoms with E-state index in [1.807, 2.05) is 6.92 Å². The lowest BCUT2D eigenvalue weighted by atomic mass is 9.69. The van der Waals surface area contributed by atoms with Gasteiger partial charge in [-0.3, -0.25) is 23.3 Å². The molecule has 3 unspecified atom stereocenters. The number of rotatable bonds is 9. The highest BCUT2D eigenvalue weighted by atomic mass is 32.2. The second kappa shape index (κ2) is 10.4. The summed E-state index contributed by atoms with van der Waals surface area (Å²) in [5.74, 6) is 1.64. The van der Waals surface area contributed by atoms with E-state index in [0.29, 0.717) is 36.0 Å². The molecule has 3 N–H and O–H groups in total. The van der Waals surface area contributed by atoms with Crippen LogP contribution in [0, 0.1) is 11.8 Å². The minimum Gasteiger partial charge on any atom is -0.350 e. The van der Waals surface area contributed by atoms with Crippen molar-refractivity contribution in [1.29, 1.82) is 0 Å². The number of carbonyl (C=O) groups is 1. The molecule has 3 aromatic rings. The van der Waals surface area contributed by atoms with E-state index in [1.165, 1.54) is 18.6 Å². The molecule has 2 fully saturated rings. The van der Waals surface area contributed by atoms with Gasteiger partial charge in [0.05, 0.1) is 4.90 Å². The zero-order chi connectivity index (χ0) is 27.9. The molecule has 2 aliphatic rings. The summed E-state index contributed by atoms with van der Waals surface area (Å²) in [6, 6.07) is 4.81. The summed E-state index contributed by atoms with van der Waals surface area (Å²) < 4.78 is 34.2. The maximum Gasteiger partial charge on any atom is 0.332 e. The monoisotopic (exact) mass is 557 g/mol. The Kier molecular flexibility index (Phi) is 7.27. The van der Waals surface area contributed by atoms with Crippen LogP contribution >= 0.6 is 0 Å². The molecule has 1 aromatic carbocycles. The smallest absolute Gasteiger partial charge is 0.332 e. The van der Waals surface area contributed by atoms with Crippen molar-refractivity contribution in [2.24, 2.45) is 11.8 Å². The first-order chi connectivity index (χ1) is 18.6. The highest BCUT2D eigenvalue weighted by molar-refractivity contribution is 7.85. The third-order valence-electron chi connectivity index (χ3n) is 8.48. The van der Waals surface area contributed by atoms with Crippen LogP contribution in [0.15, 0.2) is 38.8 Å². The van der Waals surface area contributed by atoms with E-state index in [2.05, 4.69) is 17.2 Å². The molecule has 1 amide bonds. The van der Waals surface area contributed by atoms with E-state index in [4.69, 9.17) is 9.54 Å². The maximum absolute atomic E-state index is 13.5. The standard InChI is InChI=1S/C27H35N5O6S/c1-3-12-31-22-21(29-25(30-22)27-10-9-18(16-27)14-17(4-2)15-27)24(34)32(26(31)35)13-11-28-23(33)19-5-7-20(8-6-19)39(36,37)38/h5-8,17-18H,3-4,9-16H2,1-2H3,(H,28,33)(H,29,30)(H,36,37,38). The minimum absolute atomic E-state index is 0.0104. The van der Waals surface area contributed by atoms with Crippen LogP contribution in [0.4, 0.5) is 0 Å². The molecule has 11 nitrogen and oxygen atoms in total. The fourth-order valence-corrected chi connectivity index (χ4v) is 7.04. The van der Waals surface area contributed by atoms with E-state index in [-0.39, 0.29) is 29.0 Å². The second-order valence-electron chi connectivity index (χ2n) is 11.0. The van der Waals surface area contributed by atoms with Crippen LogP contribution in [0.5, 0.6) is 0 Å². The molecular weight excluding hydrogens is 522 g/mol. The first-order valence-corrected chi connectivity index (χ1v) is 15.1. The minimum atomic E-state index is -4.36. The zero-order valence-corrected chi connectivity index (χ0v) is 23.1. The Hall–Kier alpha value is -3.25. The third-order valence-corrected chi connectivity index (χ3v) is 9.35. The normalized spacial score (nSPS) is 22.8. The van der Waals surface area contributed by atoms with E-state index in [9.17, 15) is 22.8 Å². The van der Waals surface area contributed by atoms with Crippen LogP contribution in [0.25, 0.3) is 11.2 Å². The number of nitrogens with one attached hydrogen (secondary N) is 2. The lowest BCUT2D eigenvalue weighted by Crippen LogP contribution is -2.42. The van der Waals surface area contributed by atoms with Crippen LogP contribution in [0.2, 0.25) is 0 Å². The Morgan fingerprint density at radius 1 is 1.15 bits per heavy atom. The quantitative estimate of drug-likeness (QED) is 0.342. The summed E-state index contributed by atoms with van der Waals surface area (Å²) in [6.45, 7) is 4.58. The predicted octanol–water partition coefficient (Wildman–Crippen LogP) is 2.83. The molecule has 39 heavy (non-hydrogen) atoms. The predicted molar refractivity (Wildman–Crippen MR) is 146 cm³/mol. The van der Waals surface area contributed by atoms with Crippen molar-refractivity contribution in [3.8, 4) is 0 Å². The topological polar surface area (TPSA) is 156 Å².